The molecule has 0 fully saturated rings. The quantitative estimate of drug-likeness (QED) is 0.721. The molecule has 6 heteroatoms. The molecular formula is C18H19N3O2S. The third-order valence-electron chi connectivity index (χ3n) is 4.06. The number of pyridine rings is 1. The molecule has 1 unspecified atom stereocenters. The van der Waals surface area contributed by atoms with Gasteiger partial charge in [-0.15, -0.1) is 0 Å². The number of ether oxygens (including phenoxy) is 2. The Balaban J connectivity index is 2.26. The van der Waals surface area contributed by atoms with Gasteiger partial charge in [0.05, 0.1) is 30.6 Å². The van der Waals surface area contributed by atoms with Gasteiger partial charge in [-0.05, 0) is 30.3 Å². The van der Waals surface area contributed by atoms with Gasteiger partial charge in [-0.3, -0.25) is 0 Å². The summed E-state index contributed by atoms with van der Waals surface area (Å²) in [5.74, 6) is 1.22. The van der Waals surface area contributed by atoms with E-state index in [1.54, 1.807) is 14.2 Å². The number of hydrogen-bond donors (Lipinski definition) is 1. The lowest BCUT2D eigenvalue weighted by molar-refractivity contribution is 0.355. The first-order valence-corrected chi connectivity index (χ1v) is 7.96. The third-order valence-corrected chi connectivity index (χ3v) is 4.41. The lowest BCUT2D eigenvalue weighted by Crippen LogP contribution is -2.18. The summed E-state index contributed by atoms with van der Waals surface area (Å²) in [7, 11) is 3.23. The summed E-state index contributed by atoms with van der Waals surface area (Å²) in [4.78, 5) is 5.20. The maximum absolute atomic E-state index is 5.91. The van der Waals surface area contributed by atoms with Crippen molar-refractivity contribution in [3.8, 4) is 22.8 Å². The van der Waals surface area contributed by atoms with Crippen LogP contribution in [0.1, 0.15) is 18.5 Å². The van der Waals surface area contributed by atoms with E-state index in [-0.39, 0.29) is 5.92 Å². The fourth-order valence-corrected chi connectivity index (χ4v) is 2.87. The molecule has 0 radical (unpaired) electrons. The third kappa shape index (κ3) is 2.69. The number of nitrogens with zero attached hydrogens (tertiary/aromatic N) is 2. The number of thiocarbonyl (C=S) groups is 1. The number of benzene rings is 1. The Bertz CT molecular complexity index is 904. The van der Waals surface area contributed by atoms with Crippen molar-refractivity contribution in [2.75, 3.05) is 14.2 Å². The molecule has 0 saturated carbocycles. The van der Waals surface area contributed by atoms with Crippen LogP contribution in [0.4, 0.5) is 0 Å². The highest BCUT2D eigenvalue weighted by molar-refractivity contribution is 7.80. The Morgan fingerprint density at radius 3 is 2.58 bits per heavy atom. The van der Waals surface area contributed by atoms with Gasteiger partial charge in [0.1, 0.15) is 5.65 Å². The van der Waals surface area contributed by atoms with Gasteiger partial charge in [0, 0.05) is 17.7 Å². The number of hydrogen-bond acceptors (Lipinski definition) is 4. The van der Waals surface area contributed by atoms with E-state index in [1.807, 2.05) is 53.9 Å². The van der Waals surface area contributed by atoms with Crippen LogP contribution in [-0.2, 0) is 0 Å². The second-order valence-corrected chi connectivity index (χ2v) is 5.94. The number of aromatic nitrogens is 2. The molecule has 0 aliphatic rings. The van der Waals surface area contributed by atoms with E-state index >= 15 is 0 Å². The molecule has 0 amide bonds. The fraction of sp³-hybridized carbons (Fsp3) is 0.222. The molecule has 0 aliphatic carbocycles. The Morgan fingerprint density at radius 1 is 1.17 bits per heavy atom. The van der Waals surface area contributed by atoms with E-state index in [4.69, 9.17) is 32.4 Å². The molecule has 3 aromatic rings. The van der Waals surface area contributed by atoms with Gasteiger partial charge in [-0.1, -0.05) is 25.2 Å². The minimum Gasteiger partial charge on any atom is -0.493 e. The normalized spacial score (nSPS) is 12.1. The van der Waals surface area contributed by atoms with E-state index in [0.717, 1.165) is 22.6 Å². The maximum Gasteiger partial charge on any atom is 0.161 e. The van der Waals surface area contributed by atoms with Gasteiger partial charge >= 0.3 is 0 Å². The highest BCUT2D eigenvalue weighted by atomic mass is 32.1. The zero-order valence-electron chi connectivity index (χ0n) is 13.8. The second-order valence-electron chi connectivity index (χ2n) is 5.47. The maximum atomic E-state index is 5.91. The van der Waals surface area contributed by atoms with Gasteiger partial charge in [-0.25, -0.2) is 4.98 Å². The van der Waals surface area contributed by atoms with E-state index in [9.17, 15) is 0 Å². The zero-order valence-corrected chi connectivity index (χ0v) is 14.6. The topological polar surface area (TPSA) is 61.8 Å². The minimum absolute atomic E-state index is 0.111. The van der Waals surface area contributed by atoms with Crippen LogP contribution >= 0.6 is 12.2 Å². The summed E-state index contributed by atoms with van der Waals surface area (Å²) < 4.78 is 12.7. The Morgan fingerprint density at radius 2 is 1.92 bits per heavy atom. The van der Waals surface area contributed by atoms with Crippen LogP contribution < -0.4 is 15.2 Å². The average molecular weight is 341 g/mol. The largest absolute Gasteiger partial charge is 0.493 e. The van der Waals surface area contributed by atoms with Crippen LogP contribution in [0, 0.1) is 0 Å². The van der Waals surface area contributed by atoms with Gasteiger partial charge in [0.2, 0.25) is 0 Å². The Hall–Kier alpha value is -2.60. The number of methoxy groups -OCH3 is 2. The summed E-state index contributed by atoms with van der Waals surface area (Å²) in [6.07, 6.45) is 1.97. The van der Waals surface area contributed by atoms with Crippen LogP contribution in [0.15, 0.2) is 42.6 Å². The van der Waals surface area contributed by atoms with Crippen molar-refractivity contribution < 1.29 is 9.47 Å². The molecule has 0 aliphatic heterocycles. The molecule has 24 heavy (non-hydrogen) atoms. The van der Waals surface area contributed by atoms with E-state index in [2.05, 4.69) is 0 Å². The molecule has 2 N–H and O–H groups in total. The van der Waals surface area contributed by atoms with Crippen LogP contribution in [0.25, 0.3) is 16.9 Å². The van der Waals surface area contributed by atoms with Crippen molar-refractivity contribution in [2.45, 2.75) is 12.8 Å². The summed E-state index contributed by atoms with van der Waals surface area (Å²) in [5.41, 5.74) is 9.48. The second kappa shape index (κ2) is 6.49. The summed E-state index contributed by atoms with van der Waals surface area (Å²) in [6.45, 7) is 1.99. The van der Waals surface area contributed by atoms with Crippen LogP contribution in [0.3, 0.4) is 0 Å². The summed E-state index contributed by atoms with van der Waals surface area (Å²) >= 11 is 5.22. The first kappa shape index (κ1) is 16.3. The van der Waals surface area contributed by atoms with Crippen molar-refractivity contribution in [3.63, 3.8) is 0 Å². The van der Waals surface area contributed by atoms with Crippen molar-refractivity contribution in [3.05, 3.63) is 48.3 Å². The number of fused-ring (bicyclic) bond motifs is 1. The summed E-state index contributed by atoms with van der Waals surface area (Å²) in [6, 6.07) is 11.6. The van der Waals surface area contributed by atoms with Gasteiger partial charge in [-0.2, -0.15) is 0 Å². The number of imidazole rings is 1. The van der Waals surface area contributed by atoms with E-state index in [0.29, 0.717) is 16.5 Å². The summed E-state index contributed by atoms with van der Waals surface area (Å²) in [5, 5.41) is 0. The lowest BCUT2D eigenvalue weighted by Gasteiger charge is -2.13. The van der Waals surface area contributed by atoms with Gasteiger partial charge in [0.25, 0.3) is 0 Å². The molecule has 0 bridgehead atoms. The Kier molecular flexibility index (Phi) is 4.40. The van der Waals surface area contributed by atoms with Crippen LogP contribution in [0.5, 0.6) is 11.5 Å². The van der Waals surface area contributed by atoms with Crippen molar-refractivity contribution in [1.82, 2.24) is 9.38 Å². The molecule has 2 aromatic heterocycles. The molecule has 5 nitrogen and oxygen atoms in total. The van der Waals surface area contributed by atoms with Crippen molar-refractivity contribution in [2.24, 2.45) is 5.73 Å². The highest BCUT2D eigenvalue weighted by Gasteiger charge is 2.22. The molecular weight excluding hydrogens is 322 g/mol. The van der Waals surface area contributed by atoms with Crippen LogP contribution in [0.2, 0.25) is 0 Å². The van der Waals surface area contributed by atoms with Crippen molar-refractivity contribution in [1.29, 1.82) is 0 Å². The SMILES string of the molecule is COc1ccc(-c2nc3ccccn3c2C(C)C(N)=S)cc1OC. The molecule has 2 heterocycles. The predicted molar refractivity (Wildman–Crippen MR) is 98.9 cm³/mol. The zero-order chi connectivity index (χ0) is 17.3. The predicted octanol–water partition coefficient (Wildman–Crippen LogP) is 3.41. The minimum atomic E-state index is -0.111. The number of nitrogens with two attached hydrogens (primary N) is 1. The standard InChI is InChI=1S/C18H19N3O2S/c1-11(18(19)24)17-16(20-15-6-4-5-9-21(15)17)12-7-8-13(22-2)14(10-12)23-3/h4-11H,1-3H3,(H2,19,24). The fourth-order valence-electron chi connectivity index (χ4n) is 2.76. The molecule has 124 valence electrons. The lowest BCUT2D eigenvalue weighted by atomic mass is 10.0. The molecule has 1 aromatic carbocycles. The average Bonchev–Trinajstić information content (AvgIpc) is 2.99. The monoisotopic (exact) mass is 341 g/mol. The highest BCUT2D eigenvalue weighted by Crippen LogP contribution is 2.35. The molecule has 0 spiro atoms. The molecule has 0 saturated heterocycles. The van der Waals surface area contributed by atoms with Gasteiger partial charge < -0.3 is 19.6 Å². The van der Waals surface area contributed by atoms with E-state index < -0.39 is 0 Å². The van der Waals surface area contributed by atoms with Gasteiger partial charge in [0.15, 0.2) is 11.5 Å². The first-order chi connectivity index (χ1) is 11.6. The smallest absolute Gasteiger partial charge is 0.161 e. The van der Waals surface area contributed by atoms with E-state index in [1.165, 1.54) is 0 Å². The first-order valence-electron chi connectivity index (χ1n) is 7.55. The number of rotatable bonds is 5. The van der Waals surface area contributed by atoms with Crippen molar-refractivity contribution >= 4 is 22.9 Å². The molecule has 1 atom stereocenters. The Labute approximate surface area is 146 Å². The van der Waals surface area contributed by atoms with Crippen LogP contribution in [-0.4, -0.2) is 28.6 Å². The molecule has 3 rings (SSSR count).